The molecular formula is C23H13F3N2O2S. The van der Waals surface area contributed by atoms with Gasteiger partial charge in [-0.15, -0.1) is 0 Å². The molecule has 3 aromatic carbocycles. The first kappa shape index (κ1) is 18.4. The van der Waals surface area contributed by atoms with Crippen LogP contribution in [0.1, 0.15) is 22.4 Å². The second-order valence-electron chi connectivity index (χ2n) is 7.58. The molecule has 154 valence electrons. The largest absolute Gasteiger partial charge is 0.435 e. The first-order valence-electron chi connectivity index (χ1n) is 9.49. The second-order valence-corrected chi connectivity index (χ2v) is 9.46. The number of rotatable bonds is 0. The molecule has 0 amide bonds. The smallest absolute Gasteiger partial charge is 0.245 e. The first-order valence-corrected chi connectivity index (χ1v) is 11.0. The Labute approximate surface area is 175 Å². The summed E-state index contributed by atoms with van der Waals surface area (Å²) in [6, 6.07) is 21.1. The van der Waals surface area contributed by atoms with Gasteiger partial charge in [0.25, 0.3) is 0 Å². The molecule has 6 rings (SSSR count). The van der Waals surface area contributed by atoms with E-state index in [2.05, 4.69) is 5.10 Å². The molecule has 1 aromatic heterocycles. The van der Waals surface area contributed by atoms with Crippen molar-refractivity contribution < 1.29 is 21.6 Å². The van der Waals surface area contributed by atoms with Crippen LogP contribution in [0.25, 0.3) is 11.3 Å². The average Bonchev–Trinajstić information content (AvgIpc) is 3.31. The zero-order valence-electron chi connectivity index (χ0n) is 15.8. The van der Waals surface area contributed by atoms with Gasteiger partial charge in [-0.05, 0) is 23.8 Å². The summed E-state index contributed by atoms with van der Waals surface area (Å²) in [6.45, 7) is 0. The standard InChI is InChI=1S/C23H13F3N2O2S/c24-23(25,26)21-13-18-14-7-1-2-8-15(14)22(28(18)27-21)16-9-3-5-11-19(16)31(29,30)20-12-6-4-10-17(20)22/h1-13H. The lowest BCUT2D eigenvalue weighted by molar-refractivity contribution is -0.141. The predicted molar refractivity (Wildman–Crippen MR) is 106 cm³/mol. The van der Waals surface area contributed by atoms with Crippen molar-refractivity contribution in [2.24, 2.45) is 0 Å². The maximum absolute atomic E-state index is 13.6. The van der Waals surface area contributed by atoms with E-state index in [1.54, 1.807) is 54.6 Å². The highest BCUT2D eigenvalue weighted by Gasteiger charge is 2.55. The fourth-order valence-electron chi connectivity index (χ4n) is 4.88. The number of nitrogens with zero attached hydrogens (tertiary/aromatic N) is 2. The molecule has 0 unspecified atom stereocenters. The van der Waals surface area contributed by atoms with Gasteiger partial charge in [-0.2, -0.15) is 18.3 Å². The molecule has 0 aliphatic carbocycles. The van der Waals surface area contributed by atoms with Crippen molar-refractivity contribution in [3.8, 4) is 11.3 Å². The summed E-state index contributed by atoms with van der Waals surface area (Å²) < 4.78 is 69.0. The van der Waals surface area contributed by atoms with Crippen molar-refractivity contribution >= 4 is 9.84 Å². The zero-order chi connectivity index (χ0) is 21.6. The lowest BCUT2D eigenvalue weighted by Gasteiger charge is -2.39. The molecule has 2 aliphatic rings. The monoisotopic (exact) mass is 438 g/mol. The highest BCUT2D eigenvalue weighted by Crippen LogP contribution is 2.57. The molecule has 0 radical (unpaired) electrons. The van der Waals surface area contributed by atoms with Gasteiger partial charge < -0.3 is 0 Å². The number of halogens is 3. The van der Waals surface area contributed by atoms with Crippen molar-refractivity contribution in [1.29, 1.82) is 0 Å². The summed E-state index contributed by atoms with van der Waals surface area (Å²) in [5, 5.41) is 4.00. The van der Waals surface area contributed by atoms with Gasteiger partial charge in [-0.3, -0.25) is 0 Å². The Morgan fingerprint density at radius 1 is 0.774 bits per heavy atom. The third-order valence-corrected chi connectivity index (χ3v) is 7.91. The van der Waals surface area contributed by atoms with E-state index in [0.29, 0.717) is 27.9 Å². The van der Waals surface area contributed by atoms with Crippen LogP contribution in [0.4, 0.5) is 13.2 Å². The van der Waals surface area contributed by atoms with E-state index in [0.717, 1.165) is 6.07 Å². The van der Waals surface area contributed by atoms with Crippen molar-refractivity contribution in [2.75, 3.05) is 0 Å². The van der Waals surface area contributed by atoms with E-state index in [1.165, 1.54) is 16.8 Å². The van der Waals surface area contributed by atoms with E-state index in [4.69, 9.17) is 0 Å². The zero-order valence-corrected chi connectivity index (χ0v) is 16.6. The molecule has 0 atom stereocenters. The number of hydrogen-bond donors (Lipinski definition) is 0. The van der Waals surface area contributed by atoms with E-state index in [-0.39, 0.29) is 9.79 Å². The summed E-state index contributed by atoms with van der Waals surface area (Å²) in [5.41, 5.74) is 0.0176. The second kappa shape index (κ2) is 5.64. The van der Waals surface area contributed by atoms with Crippen LogP contribution < -0.4 is 0 Å². The summed E-state index contributed by atoms with van der Waals surface area (Å²) >= 11 is 0. The molecule has 4 nitrogen and oxygen atoms in total. The minimum absolute atomic E-state index is 0.0698. The lowest BCUT2D eigenvalue weighted by Crippen LogP contribution is -2.41. The third-order valence-electron chi connectivity index (χ3n) is 6.04. The molecule has 31 heavy (non-hydrogen) atoms. The molecule has 0 N–H and O–H groups in total. The van der Waals surface area contributed by atoms with Gasteiger partial charge in [0.2, 0.25) is 9.84 Å². The molecule has 4 aromatic rings. The van der Waals surface area contributed by atoms with Crippen LogP contribution in [0, 0.1) is 0 Å². The summed E-state index contributed by atoms with van der Waals surface area (Å²) in [6.07, 6.45) is -4.63. The number of alkyl halides is 3. The topological polar surface area (TPSA) is 52.0 Å². The maximum Gasteiger partial charge on any atom is 0.435 e. The number of sulfone groups is 1. The number of aromatic nitrogens is 2. The van der Waals surface area contributed by atoms with Crippen LogP contribution in [0.2, 0.25) is 0 Å². The fourth-order valence-corrected chi connectivity index (χ4v) is 6.65. The van der Waals surface area contributed by atoms with Gasteiger partial charge in [0, 0.05) is 16.7 Å². The number of hydrogen-bond acceptors (Lipinski definition) is 3. The summed E-state index contributed by atoms with van der Waals surface area (Å²) in [4.78, 5) is 0.140. The molecular weight excluding hydrogens is 425 g/mol. The van der Waals surface area contributed by atoms with Crippen molar-refractivity contribution in [3.05, 3.63) is 101 Å². The normalized spacial score (nSPS) is 17.0. The molecule has 0 saturated heterocycles. The molecule has 1 spiro atoms. The minimum atomic E-state index is -4.63. The molecule has 3 heterocycles. The first-order chi connectivity index (χ1) is 14.8. The van der Waals surface area contributed by atoms with Crippen molar-refractivity contribution in [1.82, 2.24) is 9.78 Å². The van der Waals surface area contributed by atoms with Gasteiger partial charge in [-0.1, -0.05) is 60.7 Å². The Balaban J connectivity index is 1.86. The number of benzene rings is 3. The SMILES string of the molecule is O=S1(=O)c2ccccc2C2(c3ccccc3-c3cc(C(F)(F)F)nn32)c2ccccc21. The van der Waals surface area contributed by atoms with Crippen LogP contribution in [-0.4, -0.2) is 18.2 Å². The Kier molecular flexibility index (Phi) is 3.35. The van der Waals surface area contributed by atoms with Crippen LogP contribution in [0.5, 0.6) is 0 Å². The van der Waals surface area contributed by atoms with Crippen molar-refractivity contribution in [2.45, 2.75) is 21.5 Å². The van der Waals surface area contributed by atoms with Gasteiger partial charge >= 0.3 is 6.18 Å². The van der Waals surface area contributed by atoms with E-state index in [9.17, 15) is 21.6 Å². The summed E-state index contributed by atoms with van der Waals surface area (Å²) in [5.74, 6) is 0. The third kappa shape index (κ3) is 2.10. The predicted octanol–water partition coefficient (Wildman–Crippen LogP) is 4.87. The average molecular weight is 438 g/mol. The Morgan fingerprint density at radius 3 is 1.87 bits per heavy atom. The Bertz CT molecular complexity index is 1450. The van der Waals surface area contributed by atoms with E-state index in [1.807, 2.05) is 6.07 Å². The van der Waals surface area contributed by atoms with Gasteiger partial charge in [0.1, 0.15) is 5.54 Å². The van der Waals surface area contributed by atoms with E-state index < -0.39 is 27.2 Å². The summed E-state index contributed by atoms with van der Waals surface area (Å²) in [7, 11) is -3.85. The quantitative estimate of drug-likeness (QED) is 0.340. The Hall–Kier alpha value is -3.39. The van der Waals surface area contributed by atoms with Gasteiger partial charge in [0.05, 0.1) is 15.5 Å². The van der Waals surface area contributed by atoms with E-state index >= 15 is 0 Å². The fraction of sp³-hybridized carbons (Fsp3) is 0.0870. The maximum atomic E-state index is 13.6. The van der Waals surface area contributed by atoms with Crippen LogP contribution >= 0.6 is 0 Å². The molecule has 8 heteroatoms. The molecule has 0 bridgehead atoms. The molecule has 2 aliphatic heterocycles. The van der Waals surface area contributed by atoms with Crippen molar-refractivity contribution in [3.63, 3.8) is 0 Å². The highest BCUT2D eigenvalue weighted by molar-refractivity contribution is 7.91. The Morgan fingerprint density at radius 2 is 1.29 bits per heavy atom. The highest BCUT2D eigenvalue weighted by atomic mass is 32.2. The van der Waals surface area contributed by atoms with Crippen LogP contribution in [0.15, 0.2) is 88.7 Å². The molecule has 0 saturated carbocycles. The van der Waals surface area contributed by atoms with Gasteiger partial charge in [0.15, 0.2) is 5.69 Å². The van der Waals surface area contributed by atoms with Gasteiger partial charge in [-0.25, -0.2) is 13.1 Å². The molecule has 0 fully saturated rings. The van der Waals surface area contributed by atoms with Crippen LogP contribution in [0.3, 0.4) is 0 Å². The number of fused-ring (bicyclic) bond motifs is 9. The van der Waals surface area contributed by atoms with Crippen LogP contribution in [-0.2, 0) is 21.6 Å². The lowest BCUT2D eigenvalue weighted by atomic mass is 9.77. The minimum Gasteiger partial charge on any atom is -0.245 e.